The highest BCUT2D eigenvalue weighted by Gasteiger charge is 2.14. The number of furan rings is 1. The summed E-state index contributed by atoms with van der Waals surface area (Å²) in [6.07, 6.45) is 2.42. The van der Waals surface area contributed by atoms with Crippen LogP contribution >= 0.6 is 0 Å². The first-order valence-electron chi connectivity index (χ1n) is 5.30. The summed E-state index contributed by atoms with van der Waals surface area (Å²) in [6.45, 7) is 3.40. The monoisotopic (exact) mass is 214 g/mol. The lowest BCUT2D eigenvalue weighted by atomic mass is 10.0. The van der Waals surface area contributed by atoms with Crippen LogP contribution in [0.3, 0.4) is 0 Å². The fourth-order valence-corrected chi connectivity index (χ4v) is 1.92. The normalized spacial score (nSPS) is 10.4. The number of ketones is 1. The topological polar surface area (TPSA) is 30.2 Å². The Morgan fingerprint density at radius 1 is 1.25 bits per heavy atom. The van der Waals surface area contributed by atoms with Crippen LogP contribution in [0.1, 0.15) is 34.2 Å². The highest BCUT2D eigenvalue weighted by atomic mass is 16.3. The molecular weight excluding hydrogens is 200 g/mol. The number of rotatable bonds is 3. The molecule has 0 aliphatic rings. The summed E-state index contributed by atoms with van der Waals surface area (Å²) in [5.41, 5.74) is 2.88. The van der Waals surface area contributed by atoms with Gasteiger partial charge in [0.05, 0.1) is 11.8 Å². The van der Waals surface area contributed by atoms with E-state index >= 15 is 0 Å². The first-order valence-corrected chi connectivity index (χ1v) is 5.30. The highest BCUT2D eigenvalue weighted by Crippen LogP contribution is 2.20. The van der Waals surface area contributed by atoms with Gasteiger partial charge in [0.25, 0.3) is 0 Å². The van der Waals surface area contributed by atoms with Gasteiger partial charge in [-0.05, 0) is 19.4 Å². The molecule has 0 saturated carbocycles. The second-order valence-corrected chi connectivity index (χ2v) is 3.91. The summed E-state index contributed by atoms with van der Waals surface area (Å²) in [5, 5.41) is 0. The summed E-state index contributed by atoms with van der Waals surface area (Å²) >= 11 is 0. The number of hydrogen-bond donors (Lipinski definition) is 0. The molecule has 0 unspecified atom stereocenters. The molecule has 0 bridgehead atoms. The average molecular weight is 214 g/mol. The Balaban J connectivity index is 2.32. The van der Waals surface area contributed by atoms with Gasteiger partial charge < -0.3 is 4.42 Å². The predicted molar refractivity (Wildman–Crippen MR) is 62.7 cm³/mol. The van der Waals surface area contributed by atoms with Gasteiger partial charge in [-0.1, -0.05) is 30.3 Å². The van der Waals surface area contributed by atoms with Crippen molar-refractivity contribution >= 4 is 5.78 Å². The van der Waals surface area contributed by atoms with Gasteiger partial charge in [-0.15, -0.1) is 0 Å². The molecule has 82 valence electrons. The Morgan fingerprint density at radius 3 is 2.56 bits per heavy atom. The molecular formula is C14H14O2. The van der Waals surface area contributed by atoms with E-state index in [1.807, 2.05) is 37.3 Å². The lowest BCUT2D eigenvalue weighted by Crippen LogP contribution is -1.98. The van der Waals surface area contributed by atoms with Gasteiger partial charge in [-0.2, -0.15) is 0 Å². The second kappa shape index (κ2) is 4.35. The lowest BCUT2D eigenvalue weighted by molar-refractivity contribution is 0.101. The van der Waals surface area contributed by atoms with E-state index in [0.29, 0.717) is 5.76 Å². The van der Waals surface area contributed by atoms with Crippen molar-refractivity contribution in [2.75, 3.05) is 0 Å². The molecule has 0 radical (unpaired) electrons. The maximum atomic E-state index is 11.5. The molecule has 0 saturated heterocycles. The van der Waals surface area contributed by atoms with Crippen LogP contribution in [-0.2, 0) is 6.42 Å². The van der Waals surface area contributed by atoms with Gasteiger partial charge in [0.2, 0.25) is 0 Å². The van der Waals surface area contributed by atoms with Crippen LogP contribution in [0, 0.1) is 6.92 Å². The fourth-order valence-electron chi connectivity index (χ4n) is 1.92. The minimum absolute atomic E-state index is 0.0668. The molecule has 0 amide bonds. The highest BCUT2D eigenvalue weighted by molar-refractivity contribution is 5.96. The van der Waals surface area contributed by atoms with Crippen LogP contribution in [-0.4, -0.2) is 5.78 Å². The van der Waals surface area contributed by atoms with E-state index in [9.17, 15) is 4.79 Å². The molecule has 0 atom stereocenters. The van der Waals surface area contributed by atoms with Gasteiger partial charge in [0, 0.05) is 12.0 Å². The predicted octanol–water partition coefficient (Wildman–Crippen LogP) is 3.38. The second-order valence-electron chi connectivity index (χ2n) is 3.91. The number of hydrogen-bond acceptors (Lipinski definition) is 2. The summed E-state index contributed by atoms with van der Waals surface area (Å²) in [4.78, 5) is 11.5. The van der Waals surface area contributed by atoms with Crippen molar-refractivity contribution in [2.45, 2.75) is 20.3 Å². The van der Waals surface area contributed by atoms with E-state index in [2.05, 4.69) is 0 Å². The van der Waals surface area contributed by atoms with Crippen LogP contribution in [0.5, 0.6) is 0 Å². The minimum atomic E-state index is 0.0668. The molecule has 2 aromatic rings. The Hall–Kier alpha value is -1.83. The number of benzene rings is 1. The van der Waals surface area contributed by atoms with Crippen LogP contribution in [0.2, 0.25) is 0 Å². The van der Waals surface area contributed by atoms with Crippen LogP contribution < -0.4 is 0 Å². The molecule has 0 aliphatic carbocycles. The Bertz CT molecular complexity index is 495. The average Bonchev–Trinajstić information content (AvgIpc) is 2.61. The minimum Gasteiger partial charge on any atom is -0.469 e. The van der Waals surface area contributed by atoms with Gasteiger partial charge in [0.1, 0.15) is 5.76 Å². The number of aryl methyl sites for hydroxylation is 1. The third-order valence-electron chi connectivity index (χ3n) is 2.64. The van der Waals surface area contributed by atoms with Crippen molar-refractivity contribution in [3.63, 3.8) is 0 Å². The summed E-state index contributed by atoms with van der Waals surface area (Å²) in [7, 11) is 0. The smallest absolute Gasteiger partial charge is 0.163 e. The molecule has 1 heterocycles. The number of Topliss-reactive ketones (excluding diaryl/α,β-unsaturated/α-hetero) is 1. The molecule has 0 fully saturated rings. The first kappa shape index (κ1) is 10.7. The third kappa shape index (κ3) is 2.06. The summed E-state index contributed by atoms with van der Waals surface area (Å²) < 4.78 is 5.31. The van der Waals surface area contributed by atoms with E-state index in [1.54, 1.807) is 13.2 Å². The number of carbonyl (C=O) groups is 1. The molecule has 2 rings (SSSR count). The van der Waals surface area contributed by atoms with E-state index in [4.69, 9.17) is 4.42 Å². The first-order chi connectivity index (χ1) is 7.68. The standard InChI is InChI=1S/C14H14O2/c1-10(15)14-11(2)16-9-13(14)8-12-6-4-3-5-7-12/h3-7,9H,8H2,1-2H3. The molecule has 2 nitrogen and oxygen atoms in total. The third-order valence-corrected chi connectivity index (χ3v) is 2.64. The SMILES string of the molecule is CC(=O)c1c(Cc2ccccc2)coc1C. The fraction of sp³-hybridized carbons (Fsp3) is 0.214. The molecule has 1 aromatic heterocycles. The zero-order chi connectivity index (χ0) is 11.5. The van der Waals surface area contributed by atoms with E-state index < -0.39 is 0 Å². The van der Waals surface area contributed by atoms with Crippen molar-refractivity contribution in [1.82, 2.24) is 0 Å². The van der Waals surface area contributed by atoms with Crippen LogP contribution in [0.25, 0.3) is 0 Å². The summed E-state index contributed by atoms with van der Waals surface area (Å²) in [5.74, 6) is 0.774. The largest absolute Gasteiger partial charge is 0.469 e. The zero-order valence-corrected chi connectivity index (χ0v) is 9.49. The van der Waals surface area contributed by atoms with Crippen molar-refractivity contribution in [2.24, 2.45) is 0 Å². The lowest BCUT2D eigenvalue weighted by Gasteiger charge is -2.00. The van der Waals surface area contributed by atoms with E-state index in [0.717, 1.165) is 17.5 Å². The quantitative estimate of drug-likeness (QED) is 0.733. The van der Waals surface area contributed by atoms with Gasteiger partial charge in [0.15, 0.2) is 5.78 Å². The molecule has 2 heteroatoms. The Morgan fingerprint density at radius 2 is 1.94 bits per heavy atom. The Labute approximate surface area is 94.9 Å². The van der Waals surface area contributed by atoms with E-state index in [-0.39, 0.29) is 5.78 Å². The van der Waals surface area contributed by atoms with Crippen molar-refractivity contribution in [3.05, 3.63) is 59.0 Å². The molecule has 0 N–H and O–H groups in total. The maximum absolute atomic E-state index is 11.5. The van der Waals surface area contributed by atoms with Gasteiger partial charge >= 0.3 is 0 Å². The van der Waals surface area contributed by atoms with Crippen molar-refractivity contribution in [3.8, 4) is 0 Å². The molecule has 16 heavy (non-hydrogen) atoms. The van der Waals surface area contributed by atoms with Gasteiger partial charge in [-0.25, -0.2) is 0 Å². The molecule has 1 aromatic carbocycles. The number of carbonyl (C=O) groups excluding carboxylic acids is 1. The molecule has 0 aliphatic heterocycles. The molecule has 0 spiro atoms. The van der Waals surface area contributed by atoms with Crippen LogP contribution in [0.15, 0.2) is 41.0 Å². The Kier molecular flexibility index (Phi) is 2.91. The summed E-state index contributed by atoms with van der Waals surface area (Å²) in [6, 6.07) is 10.1. The van der Waals surface area contributed by atoms with Crippen molar-refractivity contribution in [1.29, 1.82) is 0 Å². The zero-order valence-electron chi connectivity index (χ0n) is 9.49. The van der Waals surface area contributed by atoms with Crippen molar-refractivity contribution < 1.29 is 9.21 Å². The van der Waals surface area contributed by atoms with Crippen LogP contribution in [0.4, 0.5) is 0 Å². The maximum Gasteiger partial charge on any atom is 0.163 e. The van der Waals surface area contributed by atoms with Gasteiger partial charge in [-0.3, -0.25) is 4.79 Å². The van der Waals surface area contributed by atoms with E-state index in [1.165, 1.54) is 5.56 Å².